The molecule has 1 saturated carbocycles. The van der Waals surface area contributed by atoms with Crippen LogP contribution >= 0.6 is 11.6 Å². The first-order chi connectivity index (χ1) is 15.1. The van der Waals surface area contributed by atoms with Gasteiger partial charge in [-0.1, -0.05) is 54.1 Å². The van der Waals surface area contributed by atoms with E-state index in [1.165, 1.54) is 4.90 Å². The van der Waals surface area contributed by atoms with Crippen LogP contribution in [0.2, 0.25) is 5.02 Å². The second-order valence-corrected chi connectivity index (χ2v) is 8.50. The number of carbonyl (C=O) groups excluding carboxylic acids is 2. The molecule has 2 heterocycles. The molecular formula is C24H22ClN3O3. The van der Waals surface area contributed by atoms with Crippen molar-refractivity contribution in [2.45, 2.75) is 30.9 Å². The third-order valence-electron chi connectivity index (χ3n) is 6.47. The van der Waals surface area contributed by atoms with Gasteiger partial charge >= 0.3 is 6.03 Å². The van der Waals surface area contributed by atoms with Gasteiger partial charge in [0, 0.05) is 41.1 Å². The lowest BCUT2D eigenvalue weighted by Gasteiger charge is -2.45. The largest absolute Gasteiger partial charge is 0.381 e. The molecule has 1 aliphatic carbocycles. The number of hydrogen-bond acceptors (Lipinski definition) is 4. The average molecular weight is 436 g/mol. The van der Waals surface area contributed by atoms with Gasteiger partial charge in [0.15, 0.2) is 0 Å². The lowest BCUT2D eigenvalue weighted by atomic mass is 9.72. The molecular weight excluding hydrogens is 414 g/mol. The van der Waals surface area contributed by atoms with Crippen molar-refractivity contribution in [1.82, 2.24) is 10.3 Å². The van der Waals surface area contributed by atoms with Gasteiger partial charge in [-0.2, -0.15) is 0 Å². The average Bonchev–Trinajstić information content (AvgIpc) is 2.79. The number of amides is 3. The molecule has 4 atom stereocenters. The molecule has 3 amide bonds. The predicted molar refractivity (Wildman–Crippen MR) is 119 cm³/mol. The molecule has 7 heteroatoms. The lowest BCUT2D eigenvalue weighted by molar-refractivity contribution is -0.126. The van der Waals surface area contributed by atoms with Crippen molar-refractivity contribution in [3.8, 4) is 0 Å². The SMILES string of the molecule is COC1CC2C(=O)N(c3cncc4ccccc34)C(=O)NC2CC1c1ccccc1Cl. The summed E-state index contributed by atoms with van der Waals surface area (Å²) in [7, 11) is 1.66. The number of methoxy groups -OCH3 is 1. The molecule has 31 heavy (non-hydrogen) atoms. The van der Waals surface area contributed by atoms with Crippen molar-refractivity contribution in [3.63, 3.8) is 0 Å². The summed E-state index contributed by atoms with van der Waals surface area (Å²) in [6.07, 6.45) is 4.22. The molecule has 0 bridgehead atoms. The van der Waals surface area contributed by atoms with Gasteiger partial charge in [-0.25, -0.2) is 9.69 Å². The van der Waals surface area contributed by atoms with Crippen LogP contribution in [-0.2, 0) is 9.53 Å². The molecule has 6 nitrogen and oxygen atoms in total. The molecule has 0 spiro atoms. The molecule has 5 rings (SSSR count). The number of fused-ring (bicyclic) bond motifs is 2. The first-order valence-corrected chi connectivity index (χ1v) is 10.7. The van der Waals surface area contributed by atoms with E-state index in [1.54, 1.807) is 19.5 Å². The zero-order chi connectivity index (χ0) is 21.5. The first-order valence-electron chi connectivity index (χ1n) is 10.3. The van der Waals surface area contributed by atoms with Crippen LogP contribution in [0.3, 0.4) is 0 Å². The zero-order valence-electron chi connectivity index (χ0n) is 17.0. The Hall–Kier alpha value is -2.96. The molecule has 1 aliphatic heterocycles. The fourth-order valence-corrected chi connectivity index (χ4v) is 5.24. The Morgan fingerprint density at radius 1 is 1.03 bits per heavy atom. The van der Waals surface area contributed by atoms with Crippen molar-refractivity contribution in [2.24, 2.45) is 5.92 Å². The lowest BCUT2D eigenvalue weighted by Crippen LogP contribution is -2.63. The van der Waals surface area contributed by atoms with Crippen LogP contribution in [0.25, 0.3) is 10.8 Å². The summed E-state index contributed by atoms with van der Waals surface area (Å²) in [5, 5.41) is 5.42. The van der Waals surface area contributed by atoms with E-state index in [0.29, 0.717) is 23.6 Å². The van der Waals surface area contributed by atoms with Gasteiger partial charge in [-0.05, 0) is 24.5 Å². The van der Waals surface area contributed by atoms with Crippen molar-refractivity contribution >= 4 is 40.0 Å². The Morgan fingerprint density at radius 3 is 2.61 bits per heavy atom. The number of anilines is 1. The van der Waals surface area contributed by atoms with Crippen LogP contribution in [0, 0.1) is 5.92 Å². The fraction of sp³-hybridized carbons (Fsp3) is 0.292. The quantitative estimate of drug-likeness (QED) is 0.656. The first kappa shape index (κ1) is 20.0. The molecule has 1 N–H and O–H groups in total. The Balaban J connectivity index is 1.49. The Morgan fingerprint density at radius 2 is 1.81 bits per heavy atom. The van der Waals surface area contributed by atoms with E-state index in [2.05, 4.69) is 10.3 Å². The second-order valence-electron chi connectivity index (χ2n) is 8.09. The minimum absolute atomic E-state index is 0.00109. The number of nitrogens with one attached hydrogen (secondary N) is 1. The third-order valence-corrected chi connectivity index (χ3v) is 6.82. The molecule has 2 fully saturated rings. The molecule has 4 unspecified atom stereocenters. The third kappa shape index (κ3) is 3.36. The number of carbonyl (C=O) groups is 2. The van der Waals surface area contributed by atoms with E-state index in [9.17, 15) is 9.59 Å². The van der Waals surface area contributed by atoms with Gasteiger partial charge in [0.1, 0.15) is 0 Å². The summed E-state index contributed by atoms with van der Waals surface area (Å²) in [5.74, 6) is -0.592. The van der Waals surface area contributed by atoms with Crippen LogP contribution < -0.4 is 10.2 Å². The minimum atomic E-state index is -0.418. The molecule has 158 valence electrons. The van der Waals surface area contributed by atoms with Crippen LogP contribution in [-0.4, -0.2) is 36.2 Å². The van der Waals surface area contributed by atoms with E-state index in [1.807, 2.05) is 48.5 Å². The van der Waals surface area contributed by atoms with Crippen molar-refractivity contribution in [2.75, 3.05) is 12.0 Å². The van der Waals surface area contributed by atoms with Gasteiger partial charge in [-0.15, -0.1) is 0 Å². The van der Waals surface area contributed by atoms with E-state index >= 15 is 0 Å². The number of halogens is 1. The van der Waals surface area contributed by atoms with Crippen LogP contribution in [0.4, 0.5) is 10.5 Å². The fourth-order valence-electron chi connectivity index (χ4n) is 4.96. The zero-order valence-corrected chi connectivity index (χ0v) is 17.8. The molecule has 1 aromatic heterocycles. The van der Waals surface area contributed by atoms with Crippen LogP contribution in [0.15, 0.2) is 60.9 Å². The molecule has 3 aromatic rings. The highest BCUT2D eigenvalue weighted by molar-refractivity contribution is 6.31. The topological polar surface area (TPSA) is 71.5 Å². The number of pyridine rings is 1. The molecule has 0 radical (unpaired) electrons. The van der Waals surface area contributed by atoms with E-state index in [-0.39, 0.29) is 29.9 Å². The van der Waals surface area contributed by atoms with Crippen molar-refractivity contribution in [3.05, 3.63) is 71.5 Å². The van der Waals surface area contributed by atoms with Crippen LogP contribution in [0.5, 0.6) is 0 Å². The highest BCUT2D eigenvalue weighted by Crippen LogP contribution is 2.43. The molecule has 2 aliphatic rings. The number of urea groups is 1. The van der Waals surface area contributed by atoms with Gasteiger partial charge in [0.05, 0.1) is 23.9 Å². The normalized spacial score (nSPS) is 25.9. The smallest absolute Gasteiger partial charge is 0.329 e. The Bertz CT molecular complexity index is 1160. The number of rotatable bonds is 3. The number of aromatic nitrogens is 1. The molecule has 1 saturated heterocycles. The standard InChI is InChI=1S/C24H22ClN3O3/c1-31-22-11-18-20(10-17(22)16-8-4-5-9-19(16)25)27-24(30)28(23(18)29)21-13-26-12-14-6-2-3-7-15(14)21/h2-9,12-13,17-18,20,22H,10-11H2,1H3,(H,27,30). The van der Waals surface area contributed by atoms with Gasteiger partial charge in [0.25, 0.3) is 0 Å². The highest BCUT2D eigenvalue weighted by atomic mass is 35.5. The number of hydrogen-bond donors (Lipinski definition) is 1. The summed E-state index contributed by atoms with van der Waals surface area (Å²) in [6.45, 7) is 0. The Labute approximate surface area is 185 Å². The number of benzene rings is 2. The summed E-state index contributed by atoms with van der Waals surface area (Å²) in [4.78, 5) is 32.1. The van der Waals surface area contributed by atoms with Gasteiger partial charge < -0.3 is 10.1 Å². The predicted octanol–water partition coefficient (Wildman–Crippen LogP) is 4.52. The number of nitrogens with zero attached hydrogens (tertiary/aromatic N) is 2. The van der Waals surface area contributed by atoms with E-state index in [0.717, 1.165) is 16.3 Å². The minimum Gasteiger partial charge on any atom is -0.381 e. The van der Waals surface area contributed by atoms with Crippen molar-refractivity contribution in [1.29, 1.82) is 0 Å². The maximum Gasteiger partial charge on any atom is 0.329 e. The van der Waals surface area contributed by atoms with Gasteiger partial charge in [-0.3, -0.25) is 9.78 Å². The van der Waals surface area contributed by atoms with E-state index < -0.39 is 6.03 Å². The number of ether oxygens (including phenoxy) is 1. The molecule has 2 aromatic carbocycles. The highest BCUT2D eigenvalue weighted by Gasteiger charge is 2.48. The second kappa shape index (κ2) is 7.94. The van der Waals surface area contributed by atoms with Gasteiger partial charge in [0.2, 0.25) is 5.91 Å². The Kier molecular flexibility index (Phi) is 5.12. The number of imide groups is 1. The van der Waals surface area contributed by atoms with Crippen molar-refractivity contribution < 1.29 is 14.3 Å². The maximum atomic E-state index is 13.5. The summed E-state index contributed by atoms with van der Waals surface area (Å²) < 4.78 is 5.79. The summed E-state index contributed by atoms with van der Waals surface area (Å²) in [6, 6.07) is 14.6. The maximum absolute atomic E-state index is 13.5. The summed E-state index contributed by atoms with van der Waals surface area (Å²) in [5.41, 5.74) is 1.48. The van der Waals surface area contributed by atoms with Crippen LogP contribution in [0.1, 0.15) is 24.3 Å². The monoisotopic (exact) mass is 435 g/mol. The van der Waals surface area contributed by atoms with E-state index in [4.69, 9.17) is 16.3 Å². The summed E-state index contributed by atoms with van der Waals surface area (Å²) >= 11 is 6.45.